The Balaban J connectivity index is 2.90. The lowest BCUT2D eigenvalue weighted by atomic mass is 10.3. The molecule has 54 valence electrons. The molecule has 0 aliphatic carbocycles. The summed E-state index contributed by atoms with van der Waals surface area (Å²) in [7, 11) is 0. The highest BCUT2D eigenvalue weighted by atomic mass is 32.1. The topological polar surface area (TPSA) is 4.36 Å². The van der Waals surface area contributed by atoms with E-state index in [9.17, 15) is 0 Å². The van der Waals surface area contributed by atoms with Gasteiger partial charge in [-0.25, -0.2) is 4.85 Å². The summed E-state index contributed by atoms with van der Waals surface area (Å²) in [5.74, 6) is 0. The Morgan fingerprint density at radius 2 is 2.55 bits per heavy atom. The highest BCUT2D eigenvalue weighted by Crippen LogP contribution is 2.14. The smallest absolute Gasteiger partial charge is 0.188 e. The van der Waals surface area contributed by atoms with Gasteiger partial charge >= 0.3 is 0 Å². The number of rotatable bonds is 2. The summed E-state index contributed by atoms with van der Waals surface area (Å²) in [6, 6.07) is 3.93. The zero-order valence-electron chi connectivity index (χ0n) is 5.95. The third-order valence-electron chi connectivity index (χ3n) is 1.17. The van der Waals surface area contributed by atoms with Gasteiger partial charge in [0, 0.05) is 4.88 Å². The van der Waals surface area contributed by atoms with E-state index in [1.807, 2.05) is 23.6 Å². The Kier molecular flexibility index (Phi) is 2.65. The molecule has 0 unspecified atom stereocenters. The van der Waals surface area contributed by atoms with Crippen LogP contribution in [0.15, 0.2) is 35.9 Å². The average molecular weight is 161 g/mol. The quantitative estimate of drug-likeness (QED) is 0.463. The summed E-state index contributed by atoms with van der Waals surface area (Å²) < 4.78 is 0. The lowest BCUT2D eigenvalue weighted by Crippen LogP contribution is -1.64. The molecular weight excluding hydrogens is 154 g/mol. The van der Waals surface area contributed by atoms with Gasteiger partial charge in [-0.2, -0.15) is 0 Å². The van der Waals surface area contributed by atoms with Crippen LogP contribution < -0.4 is 0 Å². The van der Waals surface area contributed by atoms with Crippen molar-refractivity contribution in [3.8, 4) is 0 Å². The minimum atomic E-state index is 0.590. The van der Waals surface area contributed by atoms with Crippen LogP contribution in [0.25, 0.3) is 10.9 Å². The molecule has 1 rings (SSSR count). The van der Waals surface area contributed by atoms with Crippen LogP contribution in [0, 0.1) is 6.57 Å². The third kappa shape index (κ3) is 2.06. The summed E-state index contributed by atoms with van der Waals surface area (Å²) in [6.07, 6.45) is 3.39. The summed E-state index contributed by atoms with van der Waals surface area (Å²) >= 11 is 1.61. The molecule has 1 aromatic rings. The predicted octanol–water partition coefficient (Wildman–Crippen LogP) is 3.19. The minimum absolute atomic E-state index is 0.590. The second kappa shape index (κ2) is 3.75. The molecule has 0 aliphatic heterocycles. The van der Waals surface area contributed by atoms with Crippen LogP contribution in [0.1, 0.15) is 4.88 Å². The molecule has 0 atom stereocenters. The number of allylic oxidation sites excluding steroid dienone is 1. The molecule has 0 amide bonds. The van der Waals surface area contributed by atoms with Crippen molar-refractivity contribution in [2.45, 2.75) is 0 Å². The lowest BCUT2D eigenvalue weighted by Gasteiger charge is -1.84. The van der Waals surface area contributed by atoms with Gasteiger partial charge in [0.1, 0.15) is 0 Å². The minimum Gasteiger partial charge on any atom is -0.238 e. The fourth-order valence-corrected chi connectivity index (χ4v) is 1.32. The fraction of sp³-hybridized carbons (Fsp3) is 0. The SMILES string of the molecule is [C-]#[N+]/C(C=C)=C\c1cccs1. The first kappa shape index (κ1) is 7.77. The van der Waals surface area contributed by atoms with Crippen molar-refractivity contribution in [2.24, 2.45) is 0 Å². The third-order valence-corrected chi connectivity index (χ3v) is 1.99. The van der Waals surface area contributed by atoms with E-state index in [1.54, 1.807) is 17.4 Å². The Morgan fingerprint density at radius 3 is 3.00 bits per heavy atom. The average Bonchev–Trinajstić information content (AvgIpc) is 2.52. The van der Waals surface area contributed by atoms with Gasteiger partial charge in [-0.1, -0.05) is 12.1 Å². The zero-order chi connectivity index (χ0) is 8.10. The molecular formula is C9H7NS. The van der Waals surface area contributed by atoms with E-state index >= 15 is 0 Å². The largest absolute Gasteiger partial charge is 0.238 e. The van der Waals surface area contributed by atoms with Gasteiger partial charge in [0.05, 0.1) is 6.57 Å². The molecule has 0 spiro atoms. The highest BCUT2D eigenvalue weighted by Gasteiger charge is 1.90. The Morgan fingerprint density at radius 1 is 1.73 bits per heavy atom. The van der Waals surface area contributed by atoms with Crippen LogP contribution in [0.4, 0.5) is 0 Å². The van der Waals surface area contributed by atoms with E-state index in [2.05, 4.69) is 11.4 Å². The van der Waals surface area contributed by atoms with Gasteiger partial charge in [-0.15, -0.1) is 17.9 Å². The first-order valence-electron chi connectivity index (χ1n) is 3.12. The van der Waals surface area contributed by atoms with Gasteiger partial charge in [0.25, 0.3) is 0 Å². The van der Waals surface area contributed by atoms with Crippen molar-refractivity contribution in [3.63, 3.8) is 0 Å². The zero-order valence-corrected chi connectivity index (χ0v) is 6.77. The van der Waals surface area contributed by atoms with Crippen molar-refractivity contribution in [1.29, 1.82) is 0 Å². The van der Waals surface area contributed by atoms with E-state index in [0.717, 1.165) is 4.88 Å². The molecule has 0 saturated carbocycles. The monoisotopic (exact) mass is 161 g/mol. The van der Waals surface area contributed by atoms with E-state index in [1.165, 1.54) is 0 Å². The van der Waals surface area contributed by atoms with Gasteiger partial charge in [0.15, 0.2) is 5.70 Å². The lowest BCUT2D eigenvalue weighted by molar-refractivity contribution is 1.77. The Labute approximate surface area is 70.1 Å². The van der Waals surface area contributed by atoms with Gasteiger partial charge < -0.3 is 0 Å². The molecule has 0 fully saturated rings. The van der Waals surface area contributed by atoms with Crippen LogP contribution in [0.2, 0.25) is 0 Å². The van der Waals surface area contributed by atoms with Crippen LogP contribution in [-0.2, 0) is 0 Å². The van der Waals surface area contributed by atoms with Crippen molar-refractivity contribution < 1.29 is 0 Å². The van der Waals surface area contributed by atoms with Gasteiger partial charge in [-0.3, -0.25) is 0 Å². The number of hydrogen-bond acceptors (Lipinski definition) is 1. The molecule has 0 aromatic carbocycles. The first-order valence-corrected chi connectivity index (χ1v) is 4.00. The van der Waals surface area contributed by atoms with Gasteiger partial charge in [-0.05, 0) is 17.5 Å². The molecule has 2 heteroatoms. The summed E-state index contributed by atoms with van der Waals surface area (Å²) in [4.78, 5) is 4.37. The molecule has 0 N–H and O–H groups in total. The molecule has 1 nitrogen and oxygen atoms in total. The number of nitrogens with zero attached hydrogens (tertiary/aromatic N) is 1. The molecule has 0 bridgehead atoms. The molecule has 11 heavy (non-hydrogen) atoms. The van der Waals surface area contributed by atoms with E-state index in [-0.39, 0.29) is 0 Å². The first-order chi connectivity index (χ1) is 5.36. The van der Waals surface area contributed by atoms with Crippen molar-refractivity contribution in [2.75, 3.05) is 0 Å². The van der Waals surface area contributed by atoms with E-state index < -0.39 is 0 Å². The second-order valence-electron chi connectivity index (χ2n) is 1.90. The van der Waals surface area contributed by atoms with E-state index in [0.29, 0.717) is 5.70 Å². The Hall–Kier alpha value is -1.33. The maximum Gasteiger partial charge on any atom is 0.188 e. The molecule has 0 saturated heterocycles. The van der Waals surface area contributed by atoms with Crippen molar-refractivity contribution in [1.82, 2.24) is 0 Å². The fourth-order valence-electron chi connectivity index (χ4n) is 0.656. The number of hydrogen-bond donors (Lipinski definition) is 0. The molecule has 1 aromatic heterocycles. The van der Waals surface area contributed by atoms with Crippen molar-refractivity contribution in [3.05, 3.63) is 52.2 Å². The maximum atomic E-state index is 6.75. The normalized spacial score (nSPS) is 10.6. The Bertz CT molecular complexity index is 301. The van der Waals surface area contributed by atoms with Crippen LogP contribution >= 0.6 is 11.3 Å². The summed E-state index contributed by atoms with van der Waals surface area (Å²) in [5, 5.41) is 1.98. The second-order valence-corrected chi connectivity index (χ2v) is 2.88. The molecule has 1 heterocycles. The predicted molar refractivity (Wildman–Crippen MR) is 49.1 cm³/mol. The maximum absolute atomic E-state index is 6.75. The summed E-state index contributed by atoms with van der Waals surface area (Å²) in [5.41, 5.74) is 0.590. The summed E-state index contributed by atoms with van der Waals surface area (Å²) in [6.45, 7) is 10.3. The number of thiophene rings is 1. The standard InChI is InChI=1S/C9H7NS/c1-3-8(10-2)7-9-5-4-6-11-9/h3-7H,1H2/b8-7-. The van der Waals surface area contributed by atoms with Crippen molar-refractivity contribution >= 4 is 17.4 Å². The van der Waals surface area contributed by atoms with Crippen LogP contribution in [0.3, 0.4) is 0 Å². The molecule has 0 aliphatic rings. The van der Waals surface area contributed by atoms with Crippen LogP contribution in [-0.4, -0.2) is 0 Å². The molecule has 0 radical (unpaired) electrons. The van der Waals surface area contributed by atoms with Crippen LogP contribution in [0.5, 0.6) is 0 Å². The van der Waals surface area contributed by atoms with E-state index in [4.69, 9.17) is 6.57 Å². The highest BCUT2D eigenvalue weighted by molar-refractivity contribution is 7.10. The van der Waals surface area contributed by atoms with Gasteiger partial charge in [0.2, 0.25) is 0 Å².